The second-order valence-corrected chi connectivity index (χ2v) is 5.26. The molecule has 0 saturated carbocycles. The van der Waals surface area contributed by atoms with Crippen LogP contribution in [-0.4, -0.2) is 19.8 Å². The van der Waals surface area contributed by atoms with Gasteiger partial charge in [-0.1, -0.05) is 42.5 Å². The Morgan fingerprint density at radius 3 is 2.45 bits per heavy atom. The molecular formula is C18H18N2O2. The summed E-state index contributed by atoms with van der Waals surface area (Å²) in [6.07, 6.45) is 2.44. The summed E-state index contributed by atoms with van der Waals surface area (Å²) in [4.78, 5) is 4.44. The minimum Gasteiger partial charge on any atom is -0.508 e. The lowest BCUT2D eigenvalue weighted by Crippen LogP contribution is -2.05. The molecule has 0 aliphatic rings. The van der Waals surface area contributed by atoms with Crippen LogP contribution >= 0.6 is 0 Å². The molecule has 0 unspecified atom stereocenters. The summed E-state index contributed by atoms with van der Waals surface area (Å²) in [6.45, 7) is 0.521. The van der Waals surface area contributed by atoms with Crippen molar-refractivity contribution < 1.29 is 10.2 Å². The van der Waals surface area contributed by atoms with Crippen LogP contribution in [0.4, 0.5) is 0 Å². The van der Waals surface area contributed by atoms with E-state index in [0.29, 0.717) is 13.0 Å². The summed E-state index contributed by atoms with van der Waals surface area (Å²) < 4.78 is 1.92. The predicted octanol–water partition coefficient (Wildman–Crippen LogP) is 2.72. The van der Waals surface area contributed by atoms with Gasteiger partial charge < -0.3 is 14.8 Å². The van der Waals surface area contributed by atoms with E-state index in [0.717, 1.165) is 17.0 Å². The Morgan fingerprint density at radius 1 is 0.955 bits per heavy atom. The van der Waals surface area contributed by atoms with Crippen LogP contribution in [0.1, 0.15) is 22.5 Å². The molecule has 1 aromatic heterocycles. The van der Waals surface area contributed by atoms with E-state index in [2.05, 4.69) is 17.1 Å². The Balaban J connectivity index is 1.84. The molecular weight excluding hydrogens is 276 g/mol. The van der Waals surface area contributed by atoms with Gasteiger partial charge >= 0.3 is 0 Å². The lowest BCUT2D eigenvalue weighted by atomic mass is 10.1. The molecule has 22 heavy (non-hydrogen) atoms. The van der Waals surface area contributed by atoms with E-state index in [9.17, 15) is 10.2 Å². The zero-order valence-electron chi connectivity index (χ0n) is 12.2. The van der Waals surface area contributed by atoms with Gasteiger partial charge in [0, 0.05) is 13.0 Å². The average molecular weight is 294 g/mol. The van der Waals surface area contributed by atoms with E-state index in [1.165, 1.54) is 5.56 Å². The van der Waals surface area contributed by atoms with Crippen molar-refractivity contribution >= 4 is 0 Å². The fourth-order valence-corrected chi connectivity index (χ4v) is 2.56. The summed E-state index contributed by atoms with van der Waals surface area (Å²) >= 11 is 0. The number of benzene rings is 2. The Hall–Kier alpha value is -2.59. The third-order valence-corrected chi connectivity index (χ3v) is 3.66. The van der Waals surface area contributed by atoms with Gasteiger partial charge in [-0.25, -0.2) is 4.98 Å². The maximum Gasteiger partial charge on any atom is 0.115 e. The molecule has 3 aromatic rings. The zero-order valence-corrected chi connectivity index (χ0v) is 12.2. The lowest BCUT2D eigenvalue weighted by Gasteiger charge is -2.08. The molecule has 1 heterocycles. The molecule has 0 radical (unpaired) electrons. The zero-order chi connectivity index (χ0) is 15.4. The van der Waals surface area contributed by atoms with E-state index in [4.69, 9.17) is 0 Å². The quantitative estimate of drug-likeness (QED) is 0.760. The van der Waals surface area contributed by atoms with Gasteiger partial charge in [0.15, 0.2) is 0 Å². The number of phenolic OH excluding ortho intramolecular Hbond substituents is 1. The summed E-state index contributed by atoms with van der Waals surface area (Å²) in [5, 5.41) is 19.2. The van der Waals surface area contributed by atoms with E-state index < -0.39 is 0 Å². The number of rotatable bonds is 5. The van der Waals surface area contributed by atoms with Crippen molar-refractivity contribution in [3.05, 3.63) is 83.4 Å². The number of aliphatic hydroxyl groups is 1. The van der Waals surface area contributed by atoms with E-state index in [1.54, 1.807) is 18.5 Å². The fraction of sp³-hybridized carbons (Fsp3) is 0.167. The van der Waals surface area contributed by atoms with Crippen molar-refractivity contribution in [1.29, 1.82) is 0 Å². The maximum atomic E-state index is 9.69. The highest BCUT2D eigenvalue weighted by Crippen LogP contribution is 2.17. The molecule has 112 valence electrons. The molecule has 4 nitrogen and oxygen atoms in total. The average Bonchev–Trinajstić information content (AvgIpc) is 2.90. The first-order valence-corrected chi connectivity index (χ1v) is 7.22. The number of hydrogen-bond donors (Lipinski definition) is 2. The number of phenols is 1. The predicted molar refractivity (Wildman–Crippen MR) is 84.6 cm³/mol. The van der Waals surface area contributed by atoms with Crippen molar-refractivity contribution in [3.8, 4) is 5.75 Å². The van der Waals surface area contributed by atoms with Crippen molar-refractivity contribution in [2.45, 2.75) is 19.6 Å². The van der Waals surface area contributed by atoms with Crippen LogP contribution in [0.15, 0.2) is 60.9 Å². The first kappa shape index (κ1) is 14.4. The van der Waals surface area contributed by atoms with E-state index >= 15 is 0 Å². The monoisotopic (exact) mass is 294 g/mol. The van der Waals surface area contributed by atoms with Crippen LogP contribution in [0, 0.1) is 0 Å². The molecule has 0 aliphatic heterocycles. The summed E-state index contributed by atoms with van der Waals surface area (Å²) in [5.74, 6) is 0.243. The molecule has 3 rings (SSSR count). The Kier molecular flexibility index (Phi) is 4.21. The van der Waals surface area contributed by atoms with Crippen LogP contribution in [-0.2, 0) is 19.6 Å². The molecule has 4 heteroatoms. The maximum absolute atomic E-state index is 9.69. The molecule has 0 saturated heterocycles. The first-order chi connectivity index (χ1) is 10.8. The van der Waals surface area contributed by atoms with Crippen LogP contribution < -0.4 is 0 Å². The van der Waals surface area contributed by atoms with Crippen LogP contribution in [0.5, 0.6) is 5.75 Å². The van der Waals surface area contributed by atoms with Crippen LogP contribution in [0.3, 0.4) is 0 Å². The van der Waals surface area contributed by atoms with Gasteiger partial charge in [-0.2, -0.15) is 0 Å². The van der Waals surface area contributed by atoms with Gasteiger partial charge in [0.05, 0.1) is 24.3 Å². The van der Waals surface area contributed by atoms with Crippen molar-refractivity contribution in [1.82, 2.24) is 9.55 Å². The van der Waals surface area contributed by atoms with Crippen LogP contribution in [0.25, 0.3) is 0 Å². The number of nitrogens with zero attached hydrogens (tertiary/aromatic N) is 2. The summed E-state index contributed by atoms with van der Waals surface area (Å²) in [6, 6.07) is 17.2. The molecule has 0 fully saturated rings. The highest BCUT2D eigenvalue weighted by molar-refractivity contribution is 5.29. The SMILES string of the molecule is OCc1c(Cc2ccccc2)ncn1Cc1cccc(O)c1. The van der Waals surface area contributed by atoms with E-state index in [1.807, 2.05) is 34.9 Å². The third kappa shape index (κ3) is 3.18. The molecule has 0 spiro atoms. The second-order valence-electron chi connectivity index (χ2n) is 5.26. The molecule has 2 N–H and O–H groups in total. The summed E-state index contributed by atoms with van der Waals surface area (Å²) in [7, 11) is 0. The van der Waals surface area contributed by atoms with Gasteiger partial charge in [-0.15, -0.1) is 0 Å². The second kappa shape index (κ2) is 6.45. The van der Waals surface area contributed by atoms with Crippen molar-refractivity contribution in [3.63, 3.8) is 0 Å². The topological polar surface area (TPSA) is 58.3 Å². The fourth-order valence-electron chi connectivity index (χ4n) is 2.56. The number of hydrogen-bond acceptors (Lipinski definition) is 3. The largest absolute Gasteiger partial charge is 0.508 e. The third-order valence-electron chi connectivity index (χ3n) is 3.66. The molecule has 0 aliphatic carbocycles. The lowest BCUT2D eigenvalue weighted by molar-refractivity contribution is 0.270. The normalized spacial score (nSPS) is 10.8. The minimum absolute atomic E-state index is 0.0546. The number of aliphatic hydroxyl groups excluding tert-OH is 1. The van der Waals surface area contributed by atoms with Gasteiger partial charge in [-0.3, -0.25) is 0 Å². The standard InChI is InChI=1S/C18H18N2O2/c21-12-18-17(10-14-5-2-1-3-6-14)19-13-20(18)11-15-7-4-8-16(22)9-15/h1-9,13,21-22H,10-12H2. The molecule has 0 amide bonds. The van der Waals surface area contributed by atoms with Gasteiger partial charge in [-0.05, 0) is 23.3 Å². The molecule has 0 bridgehead atoms. The number of imidazole rings is 1. The summed E-state index contributed by atoms with van der Waals surface area (Å²) in [5.41, 5.74) is 3.83. The van der Waals surface area contributed by atoms with Crippen molar-refractivity contribution in [2.75, 3.05) is 0 Å². The minimum atomic E-state index is -0.0546. The van der Waals surface area contributed by atoms with Gasteiger partial charge in [0.25, 0.3) is 0 Å². The van der Waals surface area contributed by atoms with Crippen LogP contribution in [0.2, 0.25) is 0 Å². The highest BCUT2D eigenvalue weighted by atomic mass is 16.3. The van der Waals surface area contributed by atoms with Gasteiger partial charge in [0.1, 0.15) is 5.75 Å². The smallest absolute Gasteiger partial charge is 0.115 e. The van der Waals surface area contributed by atoms with Crippen molar-refractivity contribution in [2.24, 2.45) is 0 Å². The highest BCUT2D eigenvalue weighted by Gasteiger charge is 2.11. The van der Waals surface area contributed by atoms with E-state index in [-0.39, 0.29) is 12.4 Å². The number of aromatic nitrogens is 2. The molecule has 2 aromatic carbocycles. The Labute approximate surface area is 129 Å². The van der Waals surface area contributed by atoms with Gasteiger partial charge in [0.2, 0.25) is 0 Å². The molecule has 0 atom stereocenters. The Morgan fingerprint density at radius 2 is 1.73 bits per heavy atom. The number of aromatic hydroxyl groups is 1. The first-order valence-electron chi connectivity index (χ1n) is 7.22. The Bertz CT molecular complexity index is 751.